The van der Waals surface area contributed by atoms with Gasteiger partial charge in [0.15, 0.2) is 0 Å². The Morgan fingerprint density at radius 2 is 2.31 bits per heavy atom. The number of rotatable bonds is 5. The van der Waals surface area contributed by atoms with Crippen LogP contribution in [-0.4, -0.2) is 37.4 Å². The van der Waals surface area contributed by atoms with Gasteiger partial charge in [-0.15, -0.1) is 0 Å². The van der Waals surface area contributed by atoms with Gasteiger partial charge in [-0.05, 0) is 13.5 Å². The molecular weight excluding hydrogens is 170 g/mol. The van der Waals surface area contributed by atoms with Crippen LogP contribution in [0.2, 0.25) is 0 Å². The molecule has 4 heteroatoms. The molecule has 1 aliphatic rings. The Morgan fingerprint density at radius 1 is 1.69 bits per heavy atom. The normalized spacial score (nSPS) is 22.0. The molecule has 2 N–H and O–H groups in total. The zero-order chi connectivity index (χ0) is 9.90. The molecule has 0 aromatic heterocycles. The average Bonchev–Trinajstić information content (AvgIpc) is 2.00. The lowest BCUT2D eigenvalue weighted by molar-refractivity contribution is -0.186. The van der Waals surface area contributed by atoms with Crippen LogP contribution >= 0.6 is 0 Å². The molecule has 0 spiro atoms. The first kappa shape index (κ1) is 10.5. The summed E-state index contributed by atoms with van der Waals surface area (Å²) in [4.78, 5) is 11.1. The molecule has 0 radical (unpaired) electrons. The minimum atomic E-state index is -0.744. The Hall–Kier alpha value is -0.610. The zero-order valence-electron chi connectivity index (χ0n) is 8.17. The number of aliphatic carboxylic acids is 1. The quantitative estimate of drug-likeness (QED) is 0.657. The van der Waals surface area contributed by atoms with Crippen LogP contribution in [0.5, 0.6) is 0 Å². The Bertz CT molecular complexity index is 189. The van der Waals surface area contributed by atoms with Gasteiger partial charge in [0.1, 0.15) is 5.41 Å². The molecule has 76 valence electrons. The van der Waals surface area contributed by atoms with Crippen molar-refractivity contribution in [2.45, 2.75) is 25.8 Å². The molecular formula is C9H17NO3. The number of carboxylic acid groups (broad SMARTS) is 1. The highest BCUT2D eigenvalue weighted by Gasteiger charge is 2.51. The highest BCUT2D eigenvalue weighted by Crippen LogP contribution is 2.33. The lowest BCUT2D eigenvalue weighted by atomic mass is 9.76. The maximum atomic E-state index is 11.1. The van der Waals surface area contributed by atoms with Crippen molar-refractivity contribution in [2.24, 2.45) is 5.41 Å². The van der Waals surface area contributed by atoms with Crippen LogP contribution in [0, 0.1) is 5.41 Å². The zero-order valence-corrected chi connectivity index (χ0v) is 8.17. The van der Waals surface area contributed by atoms with Gasteiger partial charge in [0, 0.05) is 6.04 Å². The standard InChI is InChI=1S/C9H17NO3/c1-3-4-7(10-2)9(8(11)12)5-13-6-9/h7,10H,3-6H2,1-2H3,(H,11,12). The molecule has 0 aromatic rings. The molecule has 13 heavy (non-hydrogen) atoms. The summed E-state index contributed by atoms with van der Waals surface area (Å²) in [5, 5.41) is 12.2. The average molecular weight is 187 g/mol. The predicted molar refractivity (Wildman–Crippen MR) is 48.6 cm³/mol. The lowest BCUT2D eigenvalue weighted by Crippen LogP contribution is -2.60. The number of nitrogens with one attached hydrogen (secondary N) is 1. The molecule has 1 aliphatic heterocycles. The highest BCUT2D eigenvalue weighted by atomic mass is 16.5. The van der Waals surface area contributed by atoms with Gasteiger partial charge >= 0.3 is 5.97 Å². The van der Waals surface area contributed by atoms with Crippen LogP contribution < -0.4 is 5.32 Å². The second-order valence-electron chi connectivity index (χ2n) is 3.58. The van der Waals surface area contributed by atoms with E-state index in [4.69, 9.17) is 9.84 Å². The smallest absolute Gasteiger partial charge is 0.315 e. The maximum Gasteiger partial charge on any atom is 0.315 e. The van der Waals surface area contributed by atoms with Crippen LogP contribution in [0.15, 0.2) is 0 Å². The van der Waals surface area contributed by atoms with Crippen LogP contribution in [0.1, 0.15) is 19.8 Å². The molecule has 1 atom stereocenters. The summed E-state index contributed by atoms with van der Waals surface area (Å²) in [5.74, 6) is -0.744. The van der Waals surface area contributed by atoms with Crippen molar-refractivity contribution >= 4 is 5.97 Å². The van der Waals surface area contributed by atoms with E-state index in [1.807, 2.05) is 7.05 Å². The second kappa shape index (κ2) is 4.07. The largest absolute Gasteiger partial charge is 0.481 e. The number of carbonyl (C=O) groups is 1. The van der Waals surface area contributed by atoms with Crippen molar-refractivity contribution in [1.82, 2.24) is 5.32 Å². The summed E-state index contributed by atoms with van der Waals surface area (Å²) in [6, 6.07) is 0.0312. The first-order valence-electron chi connectivity index (χ1n) is 4.65. The van der Waals surface area contributed by atoms with E-state index in [0.29, 0.717) is 13.2 Å². The Labute approximate surface area is 78.3 Å². The van der Waals surface area contributed by atoms with Crippen LogP contribution in [0.25, 0.3) is 0 Å². The third-order valence-electron chi connectivity index (χ3n) is 2.74. The fourth-order valence-electron chi connectivity index (χ4n) is 1.78. The van der Waals surface area contributed by atoms with Gasteiger partial charge in [0.05, 0.1) is 13.2 Å². The predicted octanol–water partition coefficient (Wildman–Crippen LogP) is 0.476. The number of ether oxygens (including phenoxy) is 1. The van der Waals surface area contributed by atoms with Gasteiger partial charge in [-0.2, -0.15) is 0 Å². The summed E-state index contributed by atoms with van der Waals surface area (Å²) >= 11 is 0. The molecule has 0 aliphatic carbocycles. The van der Waals surface area contributed by atoms with Crippen molar-refractivity contribution in [3.05, 3.63) is 0 Å². The molecule has 1 fully saturated rings. The molecule has 4 nitrogen and oxygen atoms in total. The number of carboxylic acids is 1. The van der Waals surface area contributed by atoms with E-state index in [1.54, 1.807) is 0 Å². The third kappa shape index (κ3) is 1.69. The van der Waals surface area contributed by atoms with E-state index >= 15 is 0 Å². The van der Waals surface area contributed by atoms with E-state index in [0.717, 1.165) is 12.8 Å². The topological polar surface area (TPSA) is 58.6 Å². The van der Waals surface area contributed by atoms with Crippen molar-refractivity contribution in [1.29, 1.82) is 0 Å². The summed E-state index contributed by atoms with van der Waals surface area (Å²) in [6.07, 6.45) is 1.87. The fraction of sp³-hybridized carbons (Fsp3) is 0.889. The summed E-state index contributed by atoms with van der Waals surface area (Å²) in [5.41, 5.74) is -0.676. The van der Waals surface area contributed by atoms with E-state index in [9.17, 15) is 4.79 Å². The number of hydrogen-bond acceptors (Lipinski definition) is 3. The van der Waals surface area contributed by atoms with E-state index in [-0.39, 0.29) is 6.04 Å². The van der Waals surface area contributed by atoms with E-state index in [2.05, 4.69) is 12.2 Å². The SMILES string of the molecule is CCCC(NC)C1(C(=O)O)COC1. The molecule has 0 amide bonds. The third-order valence-corrected chi connectivity index (χ3v) is 2.74. The summed E-state index contributed by atoms with van der Waals surface area (Å²) in [6.45, 7) is 2.74. The van der Waals surface area contributed by atoms with Gasteiger partial charge in [-0.1, -0.05) is 13.3 Å². The molecule has 0 aromatic carbocycles. The Morgan fingerprint density at radius 3 is 2.54 bits per heavy atom. The minimum absolute atomic E-state index is 0.0312. The van der Waals surface area contributed by atoms with Gasteiger partial charge in [0.25, 0.3) is 0 Å². The second-order valence-corrected chi connectivity index (χ2v) is 3.58. The van der Waals surface area contributed by atoms with Crippen molar-refractivity contribution in [2.75, 3.05) is 20.3 Å². The molecule has 1 heterocycles. The fourth-order valence-corrected chi connectivity index (χ4v) is 1.78. The first-order valence-corrected chi connectivity index (χ1v) is 4.65. The highest BCUT2D eigenvalue weighted by molar-refractivity contribution is 5.77. The minimum Gasteiger partial charge on any atom is -0.481 e. The van der Waals surface area contributed by atoms with Crippen LogP contribution in [-0.2, 0) is 9.53 Å². The molecule has 1 unspecified atom stereocenters. The summed E-state index contributed by atoms with van der Waals surface area (Å²) < 4.78 is 5.01. The Balaban J connectivity index is 2.67. The molecule has 1 rings (SSSR count). The van der Waals surface area contributed by atoms with Gasteiger partial charge in [-0.3, -0.25) is 4.79 Å². The van der Waals surface area contributed by atoms with Crippen LogP contribution in [0.3, 0.4) is 0 Å². The monoisotopic (exact) mass is 187 g/mol. The number of hydrogen-bond donors (Lipinski definition) is 2. The molecule has 0 saturated carbocycles. The van der Waals surface area contributed by atoms with E-state index in [1.165, 1.54) is 0 Å². The maximum absolute atomic E-state index is 11.1. The molecule has 1 saturated heterocycles. The van der Waals surface area contributed by atoms with Gasteiger partial charge in [-0.25, -0.2) is 0 Å². The first-order chi connectivity index (χ1) is 6.17. The Kier molecular flexibility index (Phi) is 3.27. The van der Waals surface area contributed by atoms with Crippen LogP contribution in [0.4, 0.5) is 0 Å². The molecule has 0 bridgehead atoms. The van der Waals surface area contributed by atoms with E-state index < -0.39 is 11.4 Å². The van der Waals surface area contributed by atoms with Gasteiger partial charge < -0.3 is 15.2 Å². The van der Waals surface area contributed by atoms with Crippen molar-refractivity contribution < 1.29 is 14.6 Å². The summed E-state index contributed by atoms with van der Waals surface area (Å²) in [7, 11) is 1.81. The lowest BCUT2D eigenvalue weighted by Gasteiger charge is -2.43. The van der Waals surface area contributed by atoms with Crippen molar-refractivity contribution in [3.63, 3.8) is 0 Å². The van der Waals surface area contributed by atoms with Crippen molar-refractivity contribution in [3.8, 4) is 0 Å². The van der Waals surface area contributed by atoms with Gasteiger partial charge in [0.2, 0.25) is 0 Å².